The van der Waals surface area contributed by atoms with E-state index in [1.807, 2.05) is 34.9 Å². The Bertz CT molecular complexity index is 1010. The molecule has 2 aromatic carbocycles. The number of hydrogen-bond acceptors (Lipinski definition) is 4. The van der Waals surface area contributed by atoms with Crippen LogP contribution in [0.2, 0.25) is 5.02 Å². The van der Waals surface area contributed by atoms with E-state index in [9.17, 15) is 4.79 Å². The number of benzene rings is 2. The highest BCUT2D eigenvalue weighted by Gasteiger charge is 2.15. The van der Waals surface area contributed by atoms with Crippen molar-refractivity contribution in [1.29, 1.82) is 0 Å². The standard InChI is InChI=1S/C19H15Br2ClN4OS/c1-2-9-26-18(12-3-5-13(20)6-4-12)24-25-19(26)28-11-17(27)23-16-8-7-14(21)10-15(16)22/h2-8,10H,1,9,11H2,(H,23,27). The lowest BCUT2D eigenvalue weighted by atomic mass is 10.2. The van der Waals surface area contributed by atoms with E-state index >= 15 is 0 Å². The quantitative estimate of drug-likeness (QED) is 0.292. The molecule has 0 fully saturated rings. The molecule has 0 aliphatic rings. The Balaban J connectivity index is 1.72. The van der Waals surface area contributed by atoms with Crippen molar-refractivity contribution in [3.05, 3.63) is 69.1 Å². The zero-order valence-corrected chi connectivity index (χ0v) is 19.3. The van der Waals surface area contributed by atoms with Gasteiger partial charge in [0.1, 0.15) is 0 Å². The number of amides is 1. The van der Waals surface area contributed by atoms with Crippen molar-refractivity contribution in [1.82, 2.24) is 14.8 Å². The summed E-state index contributed by atoms with van der Waals surface area (Å²) in [6.45, 7) is 4.35. The Morgan fingerprint density at radius 2 is 1.89 bits per heavy atom. The molecule has 5 nitrogen and oxygen atoms in total. The van der Waals surface area contributed by atoms with Crippen LogP contribution in [-0.4, -0.2) is 26.4 Å². The Kier molecular flexibility index (Phi) is 7.34. The number of allylic oxidation sites excluding steroid dienone is 1. The smallest absolute Gasteiger partial charge is 0.234 e. The topological polar surface area (TPSA) is 59.8 Å². The molecular formula is C19H15Br2ClN4OS. The minimum Gasteiger partial charge on any atom is -0.324 e. The van der Waals surface area contributed by atoms with E-state index in [2.05, 4.69) is 54.0 Å². The zero-order valence-electron chi connectivity index (χ0n) is 14.5. The zero-order chi connectivity index (χ0) is 20.1. The van der Waals surface area contributed by atoms with Crippen molar-refractivity contribution in [3.63, 3.8) is 0 Å². The van der Waals surface area contributed by atoms with E-state index in [1.54, 1.807) is 18.2 Å². The maximum absolute atomic E-state index is 12.3. The molecule has 1 N–H and O–H groups in total. The SMILES string of the molecule is C=CCn1c(SCC(=O)Nc2ccc(Br)cc2Cl)nnc1-c1ccc(Br)cc1. The molecule has 0 spiro atoms. The molecule has 9 heteroatoms. The van der Waals surface area contributed by atoms with Crippen LogP contribution < -0.4 is 5.32 Å². The summed E-state index contributed by atoms with van der Waals surface area (Å²) in [5.74, 6) is 0.737. The van der Waals surface area contributed by atoms with Gasteiger partial charge < -0.3 is 5.32 Å². The van der Waals surface area contributed by atoms with Gasteiger partial charge in [-0.05, 0) is 30.3 Å². The number of thioether (sulfide) groups is 1. The molecule has 3 rings (SSSR count). The van der Waals surface area contributed by atoms with Gasteiger partial charge in [-0.3, -0.25) is 9.36 Å². The molecule has 0 saturated carbocycles. The van der Waals surface area contributed by atoms with Crippen molar-refractivity contribution in [3.8, 4) is 11.4 Å². The summed E-state index contributed by atoms with van der Waals surface area (Å²) < 4.78 is 3.77. The fraction of sp³-hybridized carbons (Fsp3) is 0.105. The van der Waals surface area contributed by atoms with Crippen molar-refractivity contribution >= 4 is 66.8 Å². The average molecular weight is 543 g/mol. The highest BCUT2D eigenvalue weighted by atomic mass is 79.9. The highest BCUT2D eigenvalue weighted by Crippen LogP contribution is 2.27. The van der Waals surface area contributed by atoms with Crippen LogP contribution in [0.1, 0.15) is 0 Å². The monoisotopic (exact) mass is 540 g/mol. The van der Waals surface area contributed by atoms with Crippen LogP contribution in [-0.2, 0) is 11.3 Å². The van der Waals surface area contributed by atoms with Crippen molar-refractivity contribution in [2.24, 2.45) is 0 Å². The number of nitrogens with zero attached hydrogens (tertiary/aromatic N) is 3. The van der Waals surface area contributed by atoms with Gasteiger partial charge in [-0.1, -0.05) is 73.4 Å². The molecule has 0 atom stereocenters. The minimum atomic E-state index is -0.174. The van der Waals surface area contributed by atoms with Crippen LogP contribution in [0.4, 0.5) is 5.69 Å². The molecule has 0 aliphatic carbocycles. The normalized spacial score (nSPS) is 10.7. The van der Waals surface area contributed by atoms with Crippen LogP contribution in [0.25, 0.3) is 11.4 Å². The fourth-order valence-corrected chi connectivity index (χ4v) is 4.14. The molecule has 0 bridgehead atoms. The van der Waals surface area contributed by atoms with Gasteiger partial charge in [-0.25, -0.2) is 0 Å². The first-order valence-electron chi connectivity index (χ1n) is 8.15. The molecule has 1 heterocycles. The van der Waals surface area contributed by atoms with E-state index < -0.39 is 0 Å². The first-order valence-corrected chi connectivity index (χ1v) is 11.1. The molecule has 0 aliphatic heterocycles. The summed E-state index contributed by atoms with van der Waals surface area (Å²) in [6.07, 6.45) is 1.78. The number of nitrogens with one attached hydrogen (secondary N) is 1. The molecule has 1 amide bonds. The van der Waals surface area contributed by atoms with E-state index in [0.29, 0.717) is 22.4 Å². The van der Waals surface area contributed by atoms with Crippen LogP contribution in [0.5, 0.6) is 0 Å². The van der Waals surface area contributed by atoms with Crippen LogP contribution in [0.15, 0.2) is 69.2 Å². The van der Waals surface area contributed by atoms with E-state index in [-0.39, 0.29) is 11.7 Å². The third-order valence-corrected chi connectivity index (χ3v) is 5.97. The number of rotatable bonds is 7. The first-order chi connectivity index (χ1) is 13.5. The largest absolute Gasteiger partial charge is 0.324 e. The van der Waals surface area contributed by atoms with Gasteiger partial charge in [0.05, 0.1) is 16.5 Å². The Hall–Kier alpha value is -1.61. The lowest BCUT2D eigenvalue weighted by Gasteiger charge is -2.09. The van der Waals surface area contributed by atoms with Gasteiger partial charge in [-0.15, -0.1) is 16.8 Å². The first kappa shape index (κ1) is 21.1. The fourth-order valence-electron chi connectivity index (χ4n) is 2.41. The van der Waals surface area contributed by atoms with Crippen molar-refractivity contribution < 1.29 is 4.79 Å². The Morgan fingerprint density at radius 3 is 2.57 bits per heavy atom. The molecule has 0 unspecified atom stereocenters. The molecule has 0 saturated heterocycles. The van der Waals surface area contributed by atoms with Crippen molar-refractivity contribution in [2.75, 3.05) is 11.1 Å². The number of anilines is 1. The van der Waals surface area contributed by atoms with Crippen LogP contribution >= 0.6 is 55.2 Å². The Morgan fingerprint density at radius 1 is 1.18 bits per heavy atom. The summed E-state index contributed by atoms with van der Waals surface area (Å²) in [7, 11) is 0. The summed E-state index contributed by atoms with van der Waals surface area (Å²) in [6, 6.07) is 13.1. The van der Waals surface area contributed by atoms with E-state index in [0.717, 1.165) is 20.3 Å². The minimum absolute atomic E-state index is 0.174. The van der Waals surface area contributed by atoms with Gasteiger partial charge in [0.25, 0.3) is 0 Å². The van der Waals surface area contributed by atoms with Crippen LogP contribution in [0, 0.1) is 0 Å². The van der Waals surface area contributed by atoms with Gasteiger partial charge in [0, 0.05) is 21.1 Å². The van der Waals surface area contributed by atoms with Gasteiger partial charge in [-0.2, -0.15) is 0 Å². The molecule has 1 aromatic heterocycles. The maximum atomic E-state index is 12.3. The number of hydrogen-bond donors (Lipinski definition) is 1. The third kappa shape index (κ3) is 5.26. The second-order valence-electron chi connectivity index (χ2n) is 5.67. The van der Waals surface area contributed by atoms with Gasteiger partial charge in [0.15, 0.2) is 11.0 Å². The second-order valence-corrected chi connectivity index (χ2v) is 8.85. The number of aromatic nitrogens is 3. The average Bonchev–Trinajstić information content (AvgIpc) is 3.06. The predicted molar refractivity (Wildman–Crippen MR) is 122 cm³/mol. The molecule has 0 radical (unpaired) electrons. The summed E-state index contributed by atoms with van der Waals surface area (Å²) in [5.41, 5.74) is 1.51. The number of carbonyl (C=O) groups is 1. The molecule has 28 heavy (non-hydrogen) atoms. The van der Waals surface area contributed by atoms with Gasteiger partial charge >= 0.3 is 0 Å². The molecule has 144 valence electrons. The maximum Gasteiger partial charge on any atom is 0.234 e. The lowest BCUT2D eigenvalue weighted by Crippen LogP contribution is -2.15. The summed E-state index contributed by atoms with van der Waals surface area (Å²) in [5, 5.41) is 12.5. The van der Waals surface area contributed by atoms with E-state index in [4.69, 9.17) is 11.6 Å². The third-order valence-electron chi connectivity index (χ3n) is 3.67. The van der Waals surface area contributed by atoms with Crippen LogP contribution in [0.3, 0.4) is 0 Å². The molecule has 3 aromatic rings. The van der Waals surface area contributed by atoms with Gasteiger partial charge in [0.2, 0.25) is 5.91 Å². The molecular weight excluding hydrogens is 528 g/mol. The lowest BCUT2D eigenvalue weighted by molar-refractivity contribution is -0.113. The Labute approximate surface area is 188 Å². The van der Waals surface area contributed by atoms with E-state index in [1.165, 1.54) is 11.8 Å². The highest BCUT2D eigenvalue weighted by molar-refractivity contribution is 9.10. The van der Waals surface area contributed by atoms with Crippen molar-refractivity contribution in [2.45, 2.75) is 11.7 Å². The summed E-state index contributed by atoms with van der Waals surface area (Å²) >= 11 is 14.2. The number of carbonyl (C=O) groups excluding carboxylic acids is 1. The summed E-state index contributed by atoms with van der Waals surface area (Å²) in [4.78, 5) is 12.3. The second kappa shape index (κ2) is 9.73. The predicted octanol–water partition coefficient (Wildman–Crippen LogP) is 6.04. The number of halogens is 3.